The Morgan fingerprint density at radius 3 is 2.03 bits per heavy atom. The molecule has 3 aliphatic rings. The number of benzene rings is 2. The lowest BCUT2D eigenvalue weighted by Crippen LogP contribution is -2.57. The van der Waals surface area contributed by atoms with Crippen LogP contribution >= 0.6 is 0 Å². The summed E-state index contributed by atoms with van der Waals surface area (Å²) < 4.78 is 13.3. The maximum Gasteiger partial charge on any atom is 0.246 e. The van der Waals surface area contributed by atoms with E-state index in [1.165, 1.54) is 17.0 Å². The number of halogens is 1. The first-order valence-corrected chi connectivity index (χ1v) is 12.2. The average Bonchev–Trinajstić information content (AvgIpc) is 3.13. The number of carbonyl (C=O) groups excluding carboxylic acids is 3. The standard InChI is InChI=1S/C27H30FN3O3/c28-20-10-12-21(13-11-20)29-14-16-30(17-15-29)27(34)24(18-19-6-2-1-3-7-19)31-25(32)22-8-4-5-9-23(22)26(31)33/h1-3,6-7,10-13,22-24H,4-5,8-9,14-18H2/t22-,23-,24+/m0/s1. The van der Waals surface area contributed by atoms with Crippen LogP contribution in [0.15, 0.2) is 54.6 Å². The van der Waals surface area contributed by atoms with E-state index in [4.69, 9.17) is 0 Å². The molecule has 0 unspecified atom stereocenters. The molecule has 0 radical (unpaired) electrons. The molecule has 0 bridgehead atoms. The van der Waals surface area contributed by atoms with Crippen molar-refractivity contribution in [1.29, 1.82) is 0 Å². The Morgan fingerprint density at radius 1 is 0.853 bits per heavy atom. The fourth-order valence-electron chi connectivity index (χ4n) is 5.67. The number of rotatable bonds is 5. The Kier molecular flexibility index (Phi) is 6.35. The molecule has 3 fully saturated rings. The van der Waals surface area contributed by atoms with Crippen LogP contribution in [0.5, 0.6) is 0 Å². The smallest absolute Gasteiger partial charge is 0.246 e. The number of imide groups is 1. The molecule has 2 aromatic rings. The van der Waals surface area contributed by atoms with E-state index in [0.29, 0.717) is 32.6 Å². The molecule has 6 nitrogen and oxygen atoms in total. The van der Waals surface area contributed by atoms with Gasteiger partial charge in [-0.25, -0.2) is 4.39 Å². The number of fused-ring (bicyclic) bond motifs is 1. The van der Waals surface area contributed by atoms with Gasteiger partial charge in [0.15, 0.2) is 0 Å². The number of carbonyl (C=O) groups is 3. The van der Waals surface area contributed by atoms with E-state index in [0.717, 1.165) is 36.9 Å². The Labute approximate surface area is 199 Å². The minimum absolute atomic E-state index is 0.164. The molecule has 2 heterocycles. The summed E-state index contributed by atoms with van der Waals surface area (Å²) in [6.07, 6.45) is 3.70. The van der Waals surface area contributed by atoms with Gasteiger partial charge in [0.2, 0.25) is 17.7 Å². The Bertz CT molecular complexity index is 1030. The van der Waals surface area contributed by atoms with E-state index in [9.17, 15) is 18.8 Å². The molecule has 3 atom stereocenters. The third kappa shape index (κ3) is 4.31. The second-order valence-corrected chi connectivity index (χ2v) is 9.54. The predicted molar refractivity (Wildman–Crippen MR) is 126 cm³/mol. The van der Waals surface area contributed by atoms with Gasteiger partial charge in [0, 0.05) is 38.3 Å². The van der Waals surface area contributed by atoms with Gasteiger partial charge in [-0.1, -0.05) is 43.2 Å². The fourth-order valence-corrected chi connectivity index (χ4v) is 5.67. The minimum Gasteiger partial charge on any atom is -0.368 e. The molecule has 0 aromatic heterocycles. The van der Waals surface area contributed by atoms with Crippen LogP contribution in [-0.4, -0.2) is 59.7 Å². The van der Waals surface area contributed by atoms with Crippen molar-refractivity contribution in [2.45, 2.75) is 38.1 Å². The van der Waals surface area contributed by atoms with Gasteiger partial charge >= 0.3 is 0 Å². The van der Waals surface area contributed by atoms with Crippen molar-refractivity contribution in [1.82, 2.24) is 9.80 Å². The normalized spacial score (nSPS) is 23.7. The van der Waals surface area contributed by atoms with Crippen LogP contribution in [0.4, 0.5) is 10.1 Å². The van der Waals surface area contributed by atoms with Crippen LogP contribution in [0.25, 0.3) is 0 Å². The number of likely N-dealkylation sites (tertiary alicyclic amines) is 1. The van der Waals surface area contributed by atoms with Crippen LogP contribution in [0, 0.1) is 17.7 Å². The van der Waals surface area contributed by atoms with E-state index in [1.807, 2.05) is 30.3 Å². The monoisotopic (exact) mass is 463 g/mol. The first kappa shape index (κ1) is 22.6. The van der Waals surface area contributed by atoms with E-state index >= 15 is 0 Å². The van der Waals surface area contributed by atoms with E-state index in [2.05, 4.69) is 4.90 Å². The van der Waals surface area contributed by atoms with Gasteiger partial charge in [-0.3, -0.25) is 19.3 Å². The molecule has 7 heteroatoms. The zero-order valence-electron chi connectivity index (χ0n) is 19.2. The first-order chi connectivity index (χ1) is 16.5. The predicted octanol–water partition coefficient (Wildman–Crippen LogP) is 3.26. The molecule has 0 N–H and O–H groups in total. The van der Waals surface area contributed by atoms with Gasteiger partial charge in [-0.2, -0.15) is 0 Å². The average molecular weight is 464 g/mol. The topological polar surface area (TPSA) is 60.9 Å². The molecule has 1 saturated carbocycles. The molecular weight excluding hydrogens is 433 g/mol. The molecule has 2 aromatic carbocycles. The lowest BCUT2D eigenvalue weighted by Gasteiger charge is -2.39. The van der Waals surface area contributed by atoms with Gasteiger partial charge in [0.1, 0.15) is 11.9 Å². The summed E-state index contributed by atoms with van der Waals surface area (Å²) in [7, 11) is 0. The van der Waals surface area contributed by atoms with Crippen molar-refractivity contribution >= 4 is 23.4 Å². The molecule has 0 spiro atoms. The van der Waals surface area contributed by atoms with Gasteiger partial charge in [0.05, 0.1) is 11.8 Å². The van der Waals surface area contributed by atoms with Crippen molar-refractivity contribution in [3.8, 4) is 0 Å². The maximum absolute atomic E-state index is 13.8. The zero-order chi connectivity index (χ0) is 23.7. The van der Waals surface area contributed by atoms with Crippen molar-refractivity contribution in [3.63, 3.8) is 0 Å². The second-order valence-electron chi connectivity index (χ2n) is 9.54. The number of amides is 3. The summed E-state index contributed by atoms with van der Waals surface area (Å²) >= 11 is 0. The highest BCUT2D eigenvalue weighted by Gasteiger charge is 2.52. The molecule has 3 amide bonds. The van der Waals surface area contributed by atoms with Crippen LogP contribution in [0.3, 0.4) is 0 Å². The lowest BCUT2D eigenvalue weighted by atomic mass is 9.81. The molecule has 2 saturated heterocycles. The van der Waals surface area contributed by atoms with Gasteiger partial charge in [0.25, 0.3) is 0 Å². The number of hydrogen-bond acceptors (Lipinski definition) is 4. The van der Waals surface area contributed by atoms with Crippen molar-refractivity contribution < 1.29 is 18.8 Å². The Morgan fingerprint density at radius 2 is 1.44 bits per heavy atom. The van der Waals surface area contributed by atoms with Crippen LogP contribution < -0.4 is 4.90 Å². The largest absolute Gasteiger partial charge is 0.368 e. The highest BCUT2D eigenvalue weighted by molar-refractivity contribution is 6.08. The Hall–Kier alpha value is -3.22. The van der Waals surface area contributed by atoms with Gasteiger partial charge < -0.3 is 9.80 Å². The highest BCUT2D eigenvalue weighted by atomic mass is 19.1. The van der Waals surface area contributed by atoms with Crippen LogP contribution in [0.1, 0.15) is 31.2 Å². The first-order valence-electron chi connectivity index (χ1n) is 12.2. The fraction of sp³-hybridized carbons (Fsp3) is 0.444. The summed E-state index contributed by atoms with van der Waals surface area (Å²) in [4.78, 5) is 45.6. The second kappa shape index (κ2) is 9.57. The third-order valence-electron chi connectivity index (χ3n) is 7.53. The lowest BCUT2D eigenvalue weighted by molar-refractivity contribution is -0.151. The minimum atomic E-state index is -0.814. The number of piperazine rings is 1. The summed E-state index contributed by atoms with van der Waals surface area (Å²) in [6, 6.07) is 15.1. The number of nitrogens with zero attached hydrogens (tertiary/aromatic N) is 3. The van der Waals surface area contributed by atoms with E-state index in [-0.39, 0.29) is 35.4 Å². The van der Waals surface area contributed by atoms with Crippen LogP contribution in [-0.2, 0) is 20.8 Å². The molecule has 34 heavy (non-hydrogen) atoms. The molecule has 1 aliphatic carbocycles. The number of hydrogen-bond donors (Lipinski definition) is 0. The third-order valence-corrected chi connectivity index (χ3v) is 7.53. The van der Waals surface area contributed by atoms with E-state index < -0.39 is 6.04 Å². The highest BCUT2D eigenvalue weighted by Crippen LogP contribution is 2.39. The molecule has 5 rings (SSSR count). The SMILES string of the molecule is O=C([C@@H](Cc1ccccc1)N1C(=O)[C@H]2CCCC[C@@H]2C1=O)N1CCN(c2ccc(F)cc2)CC1. The Balaban J connectivity index is 1.35. The van der Waals surface area contributed by atoms with Crippen molar-refractivity contribution in [2.24, 2.45) is 11.8 Å². The molecule has 178 valence electrons. The van der Waals surface area contributed by atoms with Crippen molar-refractivity contribution in [3.05, 3.63) is 66.0 Å². The zero-order valence-corrected chi connectivity index (χ0v) is 19.2. The van der Waals surface area contributed by atoms with Crippen molar-refractivity contribution in [2.75, 3.05) is 31.1 Å². The maximum atomic E-state index is 13.8. The van der Waals surface area contributed by atoms with Gasteiger partial charge in [-0.15, -0.1) is 0 Å². The quantitative estimate of drug-likeness (QED) is 0.639. The summed E-state index contributed by atoms with van der Waals surface area (Å²) in [5.74, 6) is -1.34. The molecular formula is C27H30FN3O3. The number of anilines is 1. The molecule has 2 aliphatic heterocycles. The summed E-state index contributed by atoms with van der Waals surface area (Å²) in [6.45, 7) is 2.21. The summed E-state index contributed by atoms with van der Waals surface area (Å²) in [5, 5.41) is 0. The van der Waals surface area contributed by atoms with Gasteiger partial charge in [-0.05, 0) is 42.7 Å². The van der Waals surface area contributed by atoms with E-state index in [1.54, 1.807) is 17.0 Å². The van der Waals surface area contributed by atoms with Crippen LogP contribution in [0.2, 0.25) is 0 Å². The summed E-state index contributed by atoms with van der Waals surface area (Å²) in [5.41, 5.74) is 1.85.